The molecule has 1 N–H and O–H groups in total. The molecule has 1 heterocycles. The molecule has 0 bridgehead atoms. The van der Waals surface area contributed by atoms with E-state index in [2.05, 4.69) is 48.4 Å². The Hall–Kier alpha value is -2.41. The second-order valence-electron chi connectivity index (χ2n) is 5.77. The van der Waals surface area contributed by atoms with Gasteiger partial charge in [-0.1, -0.05) is 51.1 Å². The van der Waals surface area contributed by atoms with Crippen LogP contribution in [0.4, 0.5) is 5.82 Å². The van der Waals surface area contributed by atoms with Crippen molar-refractivity contribution in [1.29, 1.82) is 5.26 Å². The van der Waals surface area contributed by atoms with E-state index in [9.17, 15) is 0 Å². The zero-order valence-corrected chi connectivity index (χ0v) is 12.0. The predicted octanol–water partition coefficient (Wildman–Crippen LogP) is 3.55. The maximum atomic E-state index is 8.74. The minimum absolute atomic E-state index is 0.0247. The molecular weight excluding hydrogens is 248 g/mol. The first-order valence-electron chi connectivity index (χ1n) is 6.56. The Morgan fingerprint density at radius 3 is 2.25 bits per heavy atom. The van der Waals surface area contributed by atoms with Crippen molar-refractivity contribution in [3.8, 4) is 6.07 Å². The van der Waals surface area contributed by atoms with Gasteiger partial charge in [0.05, 0.1) is 6.04 Å². The summed E-state index contributed by atoms with van der Waals surface area (Å²) in [7, 11) is 0. The summed E-state index contributed by atoms with van der Waals surface area (Å²) in [5.74, 6) is 0.674. The molecule has 102 valence electrons. The highest BCUT2D eigenvalue weighted by molar-refractivity contribution is 5.39. The SMILES string of the molecule is CC(C)(C)C(Nc1ccc(C#N)nn1)c1ccccc1. The van der Waals surface area contributed by atoms with Crippen molar-refractivity contribution in [1.82, 2.24) is 10.2 Å². The summed E-state index contributed by atoms with van der Waals surface area (Å²) >= 11 is 0. The largest absolute Gasteiger partial charge is 0.361 e. The van der Waals surface area contributed by atoms with E-state index in [0.717, 1.165) is 0 Å². The van der Waals surface area contributed by atoms with Gasteiger partial charge in [-0.05, 0) is 23.1 Å². The van der Waals surface area contributed by atoms with Crippen LogP contribution in [0.15, 0.2) is 42.5 Å². The van der Waals surface area contributed by atoms with Gasteiger partial charge in [-0.25, -0.2) is 0 Å². The topological polar surface area (TPSA) is 61.6 Å². The summed E-state index contributed by atoms with van der Waals surface area (Å²) in [6.07, 6.45) is 0. The Morgan fingerprint density at radius 2 is 1.75 bits per heavy atom. The number of nitrogens with zero attached hydrogens (tertiary/aromatic N) is 3. The Kier molecular flexibility index (Phi) is 3.99. The zero-order valence-electron chi connectivity index (χ0n) is 12.0. The van der Waals surface area contributed by atoms with Crippen LogP contribution in [0.3, 0.4) is 0 Å². The van der Waals surface area contributed by atoms with Crippen LogP contribution in [-0.2, 0) is 0 Å². The van der Waals surface area contributed by atoms with Crippen LogP contribution in [0.1, 0.15) is 38.1 Å². The highest BCUT2D eigenvalue weighted by Gasteiger charge is 2.26. The second kappa shape index (κ2) is 5.70. The third-order valence-electron chi connectivity index (χ3n) is 3.07. The first-order chi connectivity index (χ1) is 9.50. The van der Waals surface area contributed by atoms with Gasteiger partial charge < -0.3 is 5.32 Å². The van der Waals surface area contributed by atoms with Crippen LogP contribution >= 0.6 is 0 Å². The molecule has 1 atom stereocenters. The minimum atomic E-state index is 0.0247. The number of nitrogens with one attached hydrogen (secondary N) is 1. The van der Waals surface area contributed by atoms with Gasteiger partial charge in [0.25, 0.3) is 0 Å². The van der Waals surface area contributed by atoms with Gasteiger partial charge in [0, 0.05) is 0 Å². The minimum Gasteiger partial charge on any atom is -0.361 e. The molecule has 0 fully saturated rings. The fraction of sp³-hybridized carbons (Fsp3) is 0.312. The molecule has 0 aliphatic rings. The van der Waals surface area contributed by atoms with E-state index in [1.807, 2.05) is 24.3 Å². The maximum Gasteiger partial charge on any atom is 0.163 e. The van der Waals surface area contributed by atoms with Crippen LogP contribution in [0, 0.1) is 16.7 Å². The van der Waals surface area contributed by atoms with Crippen LogP contribution in [-0.4, -0.2) is 10.2 Å². The van der Waals surface area contributed by atoms with Gasteiger partial charge in [-0.3, -0.25) is 0 Å². The summed E-state index contributed by atoms with van der Waals surface area (Å²) < 4.78 is 0. The highest BCUT2D eigenvalue weighted by atomic mass is 15.2. The first-order valence-corrected chi connectivity index (χ1v) is 6.56. The van der Waals surface area contributed by atoms with Crippen molar-refractivity contribution < 1.29 is 0 Å². The highest BCUT2D eigenvalue weighted by Crippen LogP contribution is 2.35. The molecule has 1 aromatic heterocycles. The number of hydrogen-bond acceptors (Lipinski definition) is 4. The molecule has 4 heteroatoms. The average Bonchev–Trinajstić information content (AvgIpc) is 2.45. The van der Waals surface area contributed by atoms with Crippen LogP contribution in [0.2, 0.25) is 0 Å². The van der Waals surface area contributed by atoms with Crippen LogP contribution in [0.25, 0.3) is 0 Å². The number of nitriles is 1. The van der Waals surface area contributed by atoms with Crippen molar-refractivity contribution in [2.24, 2.45) is 5.41 Å². The zero-order chi connectivity index (χ0) is 14.6. The Morgan fingerprint density at radius 1 is 1.05 bits per heavy atom. The number of hydrogen-bond donors (Lipinski definition) is 1. The number of rotatable bonds is 3. The van der Waals surface area contributed by atoms with Gasteiger partial charge in [-0.15, -0.1) is 10.2 Å². The average molecular weight is 266 g/mol. The van der Waals surface area contributed by atoms with E-state index in [4.69, 9.17) is 5.26 Å². The van der Waals surface area contributed by atoms with E-state index in [0.29, 0.717) is 11.5 Å². The van der Waals surface area contributed by atoms with Gasteiger partial charge in [0.1, 0.15) is 11.9 Å². The third kappa shape index (κ3) is 3.33. The fourth-order valence-corrected chi connectivity index (χ4v) is 2.06. The molecule has 4 nitrogen and oxygen atoms in total. The lowest BCUT2D eigenvalue weighted by molar-refractivity contribution is 0.346. The fourth-order valence-electron chi connectivity index (χ4n) is 2.06. The van der Waals surface area contributed by atoms with Gasteiger partial charge in [-0.2, -0.15) is 5.26 Å². The van der Waals surface area contributed by atoms with E-state index >= 15 is 0 Å². The molecule has 0 saturated heterocycles. The lowest BCUT2D eigenvalue weighted by Crippen LogP contribution is -2.26. The third-order valence-corrected chi connectivity index (χ3v) is 3.07. The number of benzene rings is 1. The molecule has 1 aromatic carbocycles. The van der Waals surface area contributed by atoms with Gasteiger partial charge in [0.15, 0.2) is 5.69 Å². The smallest absolute Gasteiger partial charge is 0.163 e. The molecule has 1 unspecified atom stereocenters. The molecule has 2 rings (SSSR count). The summed E-state index contributed by atoms with van der Waals surface area (Å²) in [6, 6.07) is 15.8. The van der Waals surface area contributed by atoms with Crippen molar-refractivity contribution in [3.63, 3.8) is 0 Å². The molecule has 0 amide bonds. The van der Waals surface area contributed by atoms with Crippen molar-refractivity contribution >= 4 is 5.82 Å². The normalized spacial score (nSPS) is 12.5. The summed E-state index contributed by atoms with van der Waals surface area (Å²) in [5.41, 5.74) is 1.55. The lowest BCUT2D eigenvalue weighted by Gasteiger charge is -2.32. The molecule has 0 aliphatic carbocycles. The molecule has 2 aromatic rings. The van der Waals surface area contributed by atoms with Gasteiger partial charge >= 0.3 is 0 Å². The Bertz CT molecular complexity index is 591. The first kappa shape index (κ1) is 14.0. The standard InChI is InChI=1S/C16H18N4/c1-16(2,3)15(12-7-5-4-6-8-12)18-14-10-9-13(11-17)19-20-14/h4-10,15H,1-3H3,(H,18,20). The van der Waals surface area contributed by atoms with E-state index in [1.54, 1.807) is 12.1 Å². The van der Waals surface area contributed by atoms with Crippen molar-refractivity contribution in [2.45, 2.75) is 26.8 Å². The van der Waals surface area contributed by atoms with Crippen molar-refractivity contribution in [2.75, 3.05) is 5.32 Å². The second-order valence-corrected chi connectivity index (χ2v) is 5.77. The van der Waals surface area contributed by atoms with E-state index in [1.165, 1.54) is 5.56 Å². The van der Waals surface area contributed by atoms with E-state index in [-0.39, 0.29) is 11.5 Å². The molecule has 20 heavy (non-hydrogen) atoms. The van der Waals surface area contributed by atoms with Crippen molar-refractivity contribution in [3.05, 3.63) is 53.7 Å². The Labute approximate surface area is 119 Å². The number of aromatic nitrogens is 2. The monoisotopic (exact) mass is 266 g/mol. The van der Waals surface area contributed by atoms with E-state index < -0.39 is 0 Å². The molecule has 0 aliphatic heterocycles. The summed E-state index contributed by atoms with van der Waals surface area (Å²) in [6.45, 7) is 6.53. The summed E-state index contributed by atoms with van der Waals surface area (Å²) in [5, 5.41) is 20.0. The molecule has 0 saturated carbocycles. The molecule has 0 spiro atoms. The lowest BCUT2D eigenvalue weighted by atomic mass is 9.82. The van der Waals surface area contributed by atoms with Crippen LogP contribution in [0.5, 0.6) is 0 Å². The Balaban J connectivity index is 2.27. The predicted molar refractivity (Wildman–Crippen MR) is 79.0 cm³/mol. The quantitative estimate of drug-likeness (QED) is 0.922. The van der Waals surface area contributed by atoms with Crippen LogP contribution < -0.4 is 5.32 Å². The number of anilines is 1. The molecule has 0 radical (unpaired) electrons. The molecular formula is C16H18N4. The summed E-state index contributed by atoms with van der Waals surface area (Å²) in [4.78, 5) is 0. The van der Waals surface area contributed by atoms with Gasteiger partial charge in [0.2, 0.25) is 0 Å². The maximum absolute atomic E-state index is 8.74.